The van der Waals surface area contributed by atoms with Gasteiger partial charge in [-0.15, -0.1) is 0 Å². The van der Waals surface area contributed by atoms with Crippen molar-refractivity contribution in [2.45, 2.75) is 31.6 Å². The van der Waals surface area contributed by atoms with Crippen LogP contribution in [0, 0.1) is 34.7 Å². The second-order valence-electron chi connectivity index (χ2n) is 13.0. The lowest BCUT2D eigenvalue weighted by Crippen LogP contribution is -2.32. The summed E-state index contributed by atoms with van der Waals surface area (Å²) >= 11 is 0. The minimum absolute atomic E-state index is 0.000744. The molecule has 7 rings (SSSR count). The fraction of sp³-hybridized carbons (Fsp3) is 0.179. The zero-order valence-electron chi connectivity index (χ0n) is 27.5. The SMILES string of the molecule is CC1C(c2ccc3c(c2)c(=NC#N)c2cc4c(cc23)c(=NC#N)c2cc(-c3cc(C(F)(F)F)cc(C(F)(F)F)c3)ccc24)=CC(C(F)(F)F)=CC1C(F)(F)F. The van der Waals surface area contributed by atoms with Gasteiger partial charge in [-0.05, 0) is 98.3 Å². The van der Waals surface area contributed by atoms with Crippen molar-refractivity contribution in [1.82, 2.24) is 0 Å². The van der Waals surface area contributed by atoms with Crippen LogP contribution in [0.2, 0.25) is 0 Å². The molecule has 6 aromatic carbocycles. The van der Waals surface area contributed by atoms with Crippen LogP contribution in [0.4, 0.5) is 52.7 Å². The Bertz CT molecular complexity index is 2830. The number of alkyl halides is 12. The lowest BCUT2D eigenvalue weighted by molar-refractivity contribution is -0.169. The summed E-state index contributed by atoms with van der Waals surface area (Å²) in [7, 11) is 0. The number of hydrogen-bond acceptors (Lipinski definition) is 4. The van der Waals surface area contributed by atoms with Crippen LogP contribution in [0.1, 0.15) is 23.6 Å². The highest BCUT2D eigenvalue weighted by Crippen LogP contribution is 2.47. The number of nitriles is 2. The first-order valence-corrected chi connectivity index (χ1v) is 15.9. The van der Waals surface area contributed by atoms with Gasteiger partial charge in [0.2, 0.25) is 12.4 Å². The maximum absolute atomic E-state index is 13.9. The van der Waals surface area contributed by atoms with Crippen LogP contribution in [0.25, 0.3) is 59.8 Å². The Labute approximate surface area is 300 Å². The molecule has 0 fully saturated rings. The van der Waals surface area contributed by atoms with E-state index in [-0.39, 0.29) is 50.3 Å². The van der Waals surface area contributed by atoms with Crippen LogP contribution in [-0.4, -0.2) is 12.4 Å². The fourth-order valence-electron chi connectivity index (χ4n) is 7.28. The molecule has 0 amide bonds. The maximum Gasteiger partial charge on any atom is 0.416 e. The lowest BCUT2D eigenvalue weighted by Gasteiger charge is -2.31. The van der Waals surface area contributed by atoms with Gasteiger partial charge in [0.1, 0.15) is 0 Å². The summed E-state index contributed by atoms with van der Waals surface area (Å²) < 4.78 is 165. The molecule has 55 heavy (non-hydrogen) atoms. The van der Waals surface area contributed by atoms with Gasteiger partial charge in [-0.1, -0.05) is 37.3 Å². The summed E-state index contributed by atoms with van der Waals surface area (Å²) in [6.07, 6.45) is -16.1. The molecule has 4 nitrogen and oxygen atoms in total. The molecule has 0 spiro atoms. The number of benzene rings is 4. The third-order valence-corrected chi connectivity index (χ3v) is 9.78. The first-order chi connectivity index (χ1) is 25.6. The maximum atomic E-state index is 13.9. The van der Waals surface area contributed by atoms with E-state index < -0.39 is 58.8 Å². The molecule has 278 valence electrons. The number of allylic oxidation sites excluding steroid dienone is 4. The average molecular weight is 771 g/mol. The van der Waals surface area contributed by atoms with Crippen molar-refractivity contribution in [1.29, 1.82) is 10.5 Å². The van der Waals surface area contributed by atoms with Crippen LogP contribution >= 0.6 is 0 Å². The van der Waals surface area contributed by atoms with E-state index in [2.05, 4.69) is 9.98 Å². The van der Waals surface area contributed by atoms with Gasteiger partial charge in [0, 0.05) is 21.5 Å². The van der Waals surface area contributed by atoms with Gasteiger partial charge in [-0.3, -0.25) is 0 Å². The van der Waals surface area contributed by atoms with Crippen molar-refractivity contribution >= 4 is 48.7 Å². The molecule has 0 aliphatic heterocycles. The zero-order chi connectivity index (χ0) is 40.0. The molecule has 0 aromatic heterocycles. The van der Waals surface area contributed by atoms with Crippen molar-refractivity contribution in [2.75, 3.05) is 0 Å². The van der Waals surface area contributed by atoms with E-state index >= 15 is 0 Å². The summed E-state index contributed by atoms with van der Waals surface area (Å²) in [5.74, 6) is -3.86. The molecule has 0 bridgehead atoms. The van der Waals surface area contributed by atoms with Gasteiger partial charge in [-0.25, -0.2) is 0 Å². The van der Waals surface area contributed by atoms with Crippen molar-refractivity contribution < 1.29 is 52.7 Å². The predicted octanol–water partition coefficient (Wildman–Crippen LogP) is 11.3. The van der Waals surface area contributed by atoms with Crippen molar-refractivity contribution in [2.24, 2.45) is 21.8 Å². The minimum Gasteiger partial charge on any atom is -0.172 e. The topological polar surface area (TPSA) is 72.3 Å². The first-order valence-electron chi connectivity index (χ1n) is 15.9. The van der Waals surface area contributed by atoms with Gasteiger partial charge < -0.3 is 0 Å². The van der Waals surface area contributed by atoms with E-state index in [1.54, 1.807) is 24.5 Å². The van der Waals surface area contributed by atoms with Crippen LogP contribution in [-0.2, 0) is 12.4 Å². The highest BCUT2D eigenvalue weighted by Gasteiger charge is 2.47. The van der Waals surface area contributed by atoms with Crippen molar-refractivity contribution in [3.05, 3.63) is 112 Å². The van der Waals surface area contributed by atoms with Crippen LogP contribution < -0.4 is 10.7 Å². The third-order valence-electron chi connectivity index (χ3n) is 9.78. The summed E-state index contributed by atoms with van der Waals surface area (Å²) in [6.45, 7) is 1.16. The number of rotatable bonds is 2. The number of halogens is 12. The van der Waals surface area contributed by atoms with Gasteiger partial charge in [-0.2, -0.15) is 73.2 Å². The number of fused-ring (bicyclic) bond motifs is 6. The quantitative estimate of drug-likeness (QED) is 0.130. The predicted molar refractivity (Wildman–Crippen MR) is 177 cm³/mol. The molecule has 0 N–H and O–H groups in total. The molecule has 2 atom stereocenters. The summed E-state index contributed by atoms with van der Waals surface area (Å²) in [5.41, 5.74) is -5.19. The second kappa shape index (κ2) is 12.4. The van der Waals surface area contributed by atoms with Crippen LogP contribution in [0.3, 0.4) is 0 Å². The lowest BCUT2D eigenvalue weighted by atomic mass is 9.77. The summed E-state index contributed by atoms with van der Waals surface area (Å²) in [5, 5.41) is 21.9. The number of hydrogen-bond donors (Lipinski definition) is 0. The van der Waals surface area contributed by atoms with E-state index in [1.807, 2.05) is 0 Å². The first kappa shape index (κ1) is 37.2. The Kier molecular flexibility index (Phi) is 8.41. The fourth-order valence-corrected chi connectivity index (χ4v) is 7.28. The minimum atomic E-state index is -5.10. The van der Waals surface area contributed by atoms with Crippen LogP contribution in [0.15, 0.2) is 94.4 Å². The molecule has 0 heterocycles. The second-order valence-corrected chi connectivity index (χ2v) is 13.0. The molecular weight excluding hydrogens is 752 g/mol. The standard InChI is InChI=1S/C39H18F12N4/c1-17-26(11-23(38(46,47)48)12-33(17)39(49,50)51)19-3-5-25-28-14-31-27(13-32(28)35(55-16-53)30(25)9-19)24-4-2-18(8-29(24)34(31)54-15-52)20-6-21(36(40,41)42)10-22(7-20)37(43,44)45/h2-14,17,33H,1H3. The molecular formula is C39H18F12N4. The summed E-state index contributed by atoms with van der Waals surface area (Å²) in [4.78, 5) is 7.84. The van der Waals surface area contributed by atoms with Gasteiger partial charge in [0.25, 0.3) is 0 Å². The molecule has 0 saturated carbocycles. The van der Waals surface area contributed by atoms with Gasteiger partial charge in [0.15, 0.2) is 0 Å². The Morgan fingerprint density at radius 1 is 0.509 bits per heavy atom. The Balaban J connectivity index is 1.46. The van der Waals surface area contributed by atoms with Crippen molar-refractivity contribution in [3.63, 3.8) is 0 Å². The molecule has 0 radical (unpaired) electrons. The van der Waals surface area contributed by atoms with E-state index in [0.29, 0.717) is 50.5 Å². The van der Waals surface area contributed by atoms with E-state index in [1.165, 1.54) is 36.4 Å². The largest absolute Gasteiger partial charge is 0.416 e. The molecule has 16 heteroatoms. The Morgan fingerprint density at radius 3 is 1.40 bits per heavy atom. The number of nitrogens with zero attached hydrogens (tertiary/aromatic N) is 4. The monoisotopic (exact) mass is 770 g/mol. The Hall–Kier alpha value is -6.16. The van der Waals surface area contributed by atoms with Gasteiger partial charge in [0.05, 0.1) is 33.3 Å². The zero-order valence-corrected chi connectivity index (χ0v) is 27.5. The molecule has 2 unspecified atom stereocenters. The van der Waals surface area contributed by atoms with E-state index in [0.717, 1.165) is 6.92 Å². The van der Waals surface area contributed by atoms with Crippen LogP contribution in [0.5, 0.6) is 0 Å². The van der Waals surface area contributed by atoms with E-state index in [9.17, 15) is 63.2 Å². The highest BCUT2D eigenvalue weighted by atomic mass is 19.4. The molecule has 1 aliphatic rings. The third kappa shape index (κ3) is 6.35. The Morgan fingerprint density at radius 2 is 0.964 bits per heavy atom. The normalized spacial score (nSPS) is 17.9. The van der Waals surface area contributed by atoms with E-state index in [4.69, 9.17) is 0 Å². The smallest absolute Gasteiger partial charge is 0.172 e. The summed E-state index contributed by atoms with van der Waals surface area (Å²) in [6, 6.07) is 12.4. The average Bonchev–Trinajstić information content (AvgIpc) is 3.56. The highest BCUT2D eigenvalue weighted by molar-refractivity contribution is 6.21. The molecule has 0 saturated heterocycles. The molecule has 1 aliphatic carbocycles. The molecule has 6 aromatic rings. The van der Waals surface area contributed by atoms with Crippen molar-refractivity contribution in [3.8, 4) is 23.5 Å². The van der Waals surface area contributed by atoms with Gasteiger partial charge >= 0.3 is 24.7 Å².